The maximum absolute atomic E-state index is 12.7. The summed E-state index contributed by atoms with van der Waals surface area (Å²) in [6.07, 6.45) is -4.36. The highest BCUT2D eigenvalue weighted by atomic mass is 19.4. The average Bonchev–Trinajstić information content (AvgIpc) is 3.07. The van der Waals surface area contributed by atoms with Crippen LogP contribution in [-0.2, 0) is 12.7 Å². The first-order chi connectivity index (χ1) is 13.7. The molecule has 4 nitrogen and oxygen atoms in total. The van der Waals surface area contributed by atoms with Crippen molar-refractivity contribution >= 4 is 0 Å². The van der Waals surface area contributed by atoms with Gasteiger partial charge in [0.1, 0.15) is 11.5 Å². The van der Waals surface area contributed by atoms with Gasteiger partial charge in [-0.2, -0.15) is 13.2 Å². The van der Waals surface area contributed by atoms with Crippen molar-refractivity contribution in [3.05, 3.63) is 71.1 Å². The Morgan fingerprint density at radius 3 is 2.24 bits per heavy atom. The molecule has 0 saturated heterocycles. The van der Waals surface area contributed by atoms with Crippen LogP contribution in [0.15, 0.2) is 52.9 Å². The molecule has 1 unspecified atom stereocenters. The van der Waals surface area contributed by atoms with Crippen LogP contribution in [0.4, 0.5) is 13.2 Å². The summed E-state index contributed by atoms with van der Waals surface area (Å²) in [5.41, 5.74) is 1.70. The lowest BCUT2D eigenvalue weighted by Crippen LogP contribution is -2.22. The Hall–Kier alpha value is -2.80. The number of aryl methyl sites for hydroxylation is 1. The number of aromatic nitrogens is 1. The molecule has 0 bridgehead atoms. The molecule has 0 saturated carbocycles. The lowest BCUT2D eigenvalue weighted by molar-refractivity contribution is -0.137. The van der Waals surface area contributed by atoms with Crippen LogP contribution in [0.2, 0.25) is 0 Å². The van der Waals surface area contributed by atoms with Crippen LogP contribution in [0.1, 0.15) is 35.5 Å². The number of hydrogen-bond donors (Lipinski definition) is 0. The van der Waals surface area contributed by atoms with E-state index in [0.29, 0.717) is 23.8 Å². The number of ether oxygens (including phenoxy) is 1. The minimum absolute atomic E-state index is 0.131. The second kappa shape index (κ2) is 8.29. The molecule has 0 amide bonds. The molecule has 0 radical (unpaired) electrons. The summed E-state index contributed by atoms with van der Waals surface area (Å²) in [6.45, 7) is 4.44. The van der Waals surface area contributed by atoms with E-state index < -0.39 is 11.7 Å². The standard InChI is InChI=1S/C22H23F3N2O2/c1-14(16-7-11-19(28-4)12-8-16)27(3)13-20-15(2)29-21(26-20)17-5-9-18(10-6-17)22(23,24)25/h5-12,14H,13H2,1-4H3. The molecule has 2 aromatic carbocycles. The Bertz CT molecular complexity index is 948. The van der Waals surface area contributed by atoms with Crippen molar-refractivity contribution in [2.45, 2.75) is 32.6 Å². The summed E-state index contributed by atoms with van der Waals surface area (Å²) in [5, 5.41) is 0. The van der Waals surface area contributed by atoms with Crippen LogP contribution in [0, 0.1) is 6.92 Å². The molecule has 0 N–H and O–H groups in total. The second-order valence-electron chi connectivity index (χ2n) is 6.96. The van der Waals surface area contributed by atoms with Gasteiger partial charge in [-0.3, -0.25) is 4.90 Å². The molecule has 1 aromatic heterocycles. The number of oxazole rings is 1. The van der Waals surface area contributed by atoms with E-state index in [1.54, 1.807) is 7.11 Å². The van der Waals surface area contributed by atoms with Crippen LogP contribution < -0.4 is 4.74 Å². The van der Waals surface area contributed by atoms with Gasteiger partial charge in [-0.05, 0) is 62.9 Å². The molecule has 29 heavy (non-hydrogen) atoms. The summed E-state index contributed by atoms with van der Waals surface area (Å²) < 4.78 is 49.1. The third-order valence-electron chi connectivity index (χ3n) is 5.01. The minimum atomic E-state index is -4.36. The minimum Gasteiger partial charge on any atom is -0.497 e. The van der Waals surface area contributed by atoms with Crippen LogP contribution in [0.25, 0.3) is 11.5 Å². The van der Waals surface area contributed by atoms with Gasteiger partial charge in [0.05, 0.1) is 18.4 Å². The predicted molar refractivity (Wildman–Crippen MR) is 105 cm³/mol. The summed E-state index contributed by atoms with van der Waals surface area (Å²) >= 11 is 0. The van der Waals surface area contributed by atoms with Crippen molar-refractivity contribution < 1.29 is 22.3 Å². The van der Waals surface area contributed by atoms with Crippen LogP contribution in [-0.4, -0.2) is 24.0 Å². The van der Waals surface area contributed by atoms with Crippen molar-refractivity contribution in [1.29, 1.82) is 0 Å². The quantitative estimate of drug-likeness (QED) is 0.515. The van der Waals surface area contributed by atoms with Crippen LogP contribution in [0.5, 0.6) is 5.75 Å². The van der Waals surface area contributed by atoms with Gasteiger partial charge in [-0.25, -0.2) is 4.98 Å². The first kappa shape index (κ1) is 20.9. The smallest absolute Gasteiger partial charge is 0.416 e. The lowest BCUT2D eigenvalue weighted by atomic mass is 10.1. The van der Waals surface area contributed by atoms with Crippen LogP contribution in [0.3, 0.4) is 0 Å². The fourth-order valence-corrected chi connectivity index (χ4v) is 3.01. The number of rotatable bonds is 6. The molecule has 3 rings (SSSR count). The Morgan fingerprint density at radius 2 is 1.69 bits per heavy atom. The Labute approximate surface area is 167 Å². The fraction of sp³-hybridized carbons (Fsp3) is 0.318. The van der Waals surface area contributed by atoms with E-state index >= 15 is 0 Å². The maximum Gasteiger partial charge on any atom is 0.416 e. The van der Waals surface area contributed by atoms with E-state index in [1.807, 2.05) is 38.2 Å². The Balaban J connectivity index is 1.74. The van der Waals surface area contributed by atoms with Gasteiger partial charge < -0.3 is 9.15 Å². The van der Waals surface area contributed by atoms with Gasteiger partial charge in [0, 0.05) is 18.2 Å². The molecule has 1 atom stereocenters. The number of halogens is 3. The highest BCUT2D eigenvalue weighted by molar-refractivity contribution is 5.54. The molecule has 3 aromatic rings. The number of nitrogens with zero attached hydrogens (tertiary/aromatic N) is 2. The number of alkyl halides is 3. The van der Waals surface area contributed by atoms with Crippen LogP contribution >= 0.6 is 0 Å². The average molecular weight is 404 g/mol. The zero-order valence-corrected chi connectivity index (χ0v) is 16.7. The summed E-state index contributed by atoms with van der Waals surface area (Å²) in [6, 6.07) is 12.8. The van der Waals surface area contributed by atoms with Crippen molar-refractivity contribution in [1.82, 2.24) is 9.88 Å². The van der Waals surface area contributed by atoms with E-state index in [0.717, 1.165) is 29.1 Å². The van der Waals surface area contributed by atoms with E-state index in [9.17, 15) is 13.2 Å². The molecular formula is C22H23F3N2O2. The molecule has 1 heterocycles. The number of hydrogen-bond acceptors (Lipinski definition) is 4. The molecule has 0 aliphatic carbocycles. The molecule has 7 heteroatoms. The third kappa shape index (κ3) is 4.79. The van der Waals surface area contributed by atoms with E-state index in [1.165, 1.54) is 12.1 Å². The van der Waals surface area contributed by atoms with Gasteiger partial charge in [0.25, 0.3) is 0 Å². The van der Waals surface area contributed by atoms with E-state index in [2.05, 4.69) is 16.8 Å². The van der Waals surface area contributed by atoms with Gasteiger partial charge >= 0.3 is 6.18 Å². The fourth-order valence-electron chi connectivity index (χ4n) is 3.01. The summed E-state index contributed by atoms with van der Waals surface area (Å²) in [4.78, 5) is 6.63. The molecular weight excluding hydrogens is 381 g/mol. The number of benzene rings is 2. The monoisotopic (exact) mass is 404 g/mol. The number of methoxy groups -OCH3 is 1. The molecule has 154 valence electrons. The van der Waals surface area contributed by atoms with Gasteiger partial charge in [0.15, 0.2) is 0 Å². The SMILES string of the molecule is COc1ccc(C(C)N(C)Cc2nc(-c3ccc(C(F)(F)F)cc3)oc2C)cc1. The predicted octanol–water partition coefficient (Wildman–Crippen LogP) is 5.87. The summed E-state index contributed by atoms with van der Waals surface area (Å²) in [7, 11) is 3.62. The summed E-state index contributed by atoms with van der Waals surface area (Å²) in [5.74, 6) is 1.77. The first-order valence-corrected chi connectivity index (χ1v) is 9.17. The molecule has 0 aliphatic rings. The van der Waals surface area contributed by atoms with Crippen molar-refractivity contribution in [3.63, 3.8) is 0 Å². The van der Waals surface area contributed by atoms with Gasteiger partial charge in [-0.1, -0.05) is 12.1 Å². The zero-order chi connectivity index (χ0) is 21.2. The Kier molecular flexibility index (Phi) is 5.98. The maximum atomic E-state index is 12.7. The van der Waals surface area contributed by atoms with Gasteiger partial charge in [-0.15, -0.1) is 0 Å². The third-order valence-corrected chi connectivity index (χ3v) is 5.01. The zero-order valence-electron chi connectivity index (χ0n) is 16.7. The normalized spacial score (nSPS) is 13.0. The second-order valence-corrected chi connectivity index (χ2v) is 6.96. The van der Waals surface area contributed by atoms with Crippen molar-refractivity contribution in [2.75, 3.05) is 14.2 Å². The van der Waals surface area contributed by atoms with Crippen molar-refractivity contribution in [3.8, 4) is 17.2 Å². The van der Waals surface area contributed by atoms with Crippen molar-refractivity contribution in [2.24, 2.45) is 0 Å². The first-order valence-electron chi connectivity index (χ1n) is 9.17. The Morgan fingerprint density at radius 1 is 1.07 bits per heavy atom. The topological polar surface area (TPSA) is 38.5 Å². The largest absolute Gasteiger partial charge is 0.497 e. The highest BCUT2D eigenvalue weighted by Gasteiger charge is 2.30. The van der Waals surface area contributed by atoms with E-state index in [4.69, 9.17) is 9.15 Å². The lowest BCUT2D eigenvalue weighted by Gasteiger charge is -2.24. The molecule has 0 aliphatic heterocycles. The molecule has 0 spiro atoms. The molecule has 0 fully saturated rings. The highest BCUT2D eigenvalue weighted by Crippen LogP contribution is 2.31. The van der Waals surface area contributed by atoms with E-state index in [-0.39, 0.29) is 6.04 Å². The van der Waals surface area contributed by atoms with Gasteiger partial charge in [0.2, 0.25) is 5.89 Å².